The molecule has 1 saturated carbocycles. The van der Waals surface area contributed by atoms with Crippen molar-refractivity contribution < 1.29 is 9.59 Å². The minimum atomic E-state index is -0.717. The Kier molecular flexibility index (Phi) is 4.71. The number of nitrogens with zero attached hydrogens (tertiary/aromatic N) is 1. The molecule has 4 nitrogen and oxygen atoms in total. The van der Waals surface area contributed by atoms with Crippen LogP contribution in [0.2, 0.25) is 0 Å². The Labute approximate surface area is 122 Å². The van der Waals surface area contributed by atoms with Gasteiger partial charge in [-0.15, -0.1) is 0 Å². The van der Waals surface area contributed by atoms with E-state index in [2.05, 4.69) is 12.2 Å². The van der Waals surface area contributed by atoms with Crippen molar-refractivity contribution in [3.8, 4) is 0 Å². The summed E-state index contributed by atoms with van der Waals surface area (Å²) in [5, 5.41) is 2.90. The number of nitrogens with one attached hydrogen (secondary N) is 1. The number of hydrogen-bond donors (Lipinski definition) is 1. The van der Waals surface area contributed by atoms with Crippen molar-refractivity contribution in [1.82, 2.24) is 10.2 Å². The first-order valence-electron chi connectivity index (χ1n) is 8.06. The third kappa shape index (κ3) is 3.15. The topological polar surface area (TPSA) is 49.4 Å². The maximum absolute atomic E-state index is 12.7. The van der Waals surface area contributed by atoms with Crippen molar-refractivity contribution >= 4 is 11.8 Å². The molecule has 1 aliphatic heterocycles. The lowest BCUT2D eigenvalue weighted by Crippen LogP contribution is -2.55. The van der Waals surface area contributed by atoms with Gasteiger partial charge < -0.3 is 10.2 Å². The molecule has 1 aliphatic carbocycles. The molecule has 0 aromatic carbocycles. The highest BCUT2D eigenvalue weighted by molar-refractivity contribution is 5.93. The summed E-state index contributed by atoms with van der Waals surface area (Å²) in [7, 11) is 0. The zero-order valence-corrected chi connectivity index (χ0v) is 13.1. The third-order valence-electron chi connectivity index (χ3n) is 5.23. The van der Waals surface area contributed by atoms with Crippen LogP contribution in [0.4, 0.5) is 0 Å². The Balaban J connectivity index is 2.09. The molecule has 114 valence electrons. The second kappa shape index (κ2) is 6.15. The van der Waals surface area contributed by atoms with Gasteiger partial charge in [0.1, 0.15) is 5.54 Å². The van der Waals surface area contributed by atoms with E-state index in [1.807, 2.05) is 18.7 Å². The third-order valence-corrected chi connectivity index (χ3v) is 5.23. The van der Waals surface area contributed by atoms with E-state index < -0.39 is 5.54 Å². The van der Waals surface area contributed by atoms with Gasteiger partial charge in [-0.1, -0.05) is 33.1 Å². The average molecular weight is 280 g/mol. The molecule has 1 heterocycles. The van der Waals surface area contributed by atoms with Crippen molar-refractivity contribution in [2.24, 2.45) is 11.8 Å². The summed E-state index contributed by atoms with van der Waals surface area (Å²) in [6.07, 6.45) is 6.17. The lowest BCUT2D eigenvalue weighted by molar-refractivity contribution is -0.139. The normalized spacial score (nSPS) is 35.6. The highest BCUT2D eigenvalue weighted by Gasteiger charge is 2.40. The Bertz CT molecular complexity index is 383. The predicted molar refractivity (Wildman–Crippen MR) is 79.2 cm³/mol. The van der Waals surface area contributed by atoms with Gasteiger partial charge in [0.25, 0.3) is 0 Å². The summed E-state index contributed by atoms with van der Waals surface area (Å²) in [4.78, 5) is 26.5. The molecule has 2 amide bonds. The maximum atomic E-state index is 12.7. The number of carbonyl (C=O) groups excluding carboxylic acids is 2. The molecule has 0 aromatic heterocycles. The van der Waals surface area contributed by atoms with Crippen LogP contribution < -0.4 is 5.32 Å². The summed E-state index contributed by atoms with van der Waals surface area (Å²) in [5.41, 5.74) is -0.717. The first-order valence-corrected chi connectivity index (χ1v) is 8.06. The predicted octanol–water partition coefficient (Wildman–Crippen LogP) is 2.33. The van der Waals surface area contributed by atoms with Gasteiger partial charge in [0.15, 0.2) is 0 Å². The maximum Gasteiger partial charge on any atom is 0.248 e. The van der Waals surface area contributed by atoms with E-state index in [0.29, 0.717) is 31.2 Å². The monoisotopic (exact) mass is 280 g/mol. The van der Waals surface area contributed by atoms with Crippen molar-refractivity contribution in [2.45, 2.75) is 64.8 Å². The van der Waals surface area contributed by atoms with Crippen LogP contribution in [0, 0.1) is 11.8 Å². The largest absolute Gasteiger partial charge is 0.342 e. The Morgan fingerprint density at radius 2 is 2.00 bits per heavy atom. The average Bonchev–Trinajstić information content (AvgIpc) is 2.53. The molecule has 3 atom stereocenters. The molecule has 0 bridgehead atoms. The molecule has 0 spiro atoms. The highest BCUT2D eigenvalue weighted by Crippen LogP contribution is 2.31. The zero-order chi connectivity index (χ0) is 14.8. The van der Waals surface area contributed by atoms with Gasteiger partial charge in [0.2, 0.25) is 11.8 Å². The summed E-state index contributed by atoms with van der Waals surface area (Å²) >= 11 is 0. The van der Waals surface area contributed by atoms with Gasteiger partial charge in [0.05, 0.1) is 0 Å². The van der Waals surface area contributed by atoms with Crippen molar-refractivity contribution in [1.29, 1.82) is 0 Å². The molecule has 2 aliphatic rings. The molecule has 20 heavy (non-hydrogen) atoms. The van der Waals surface area contributed by atoms with E-state index in [0.717, 1.165) is 6.54 Å². The lowest BCUT2D eigenvalue weighted by atomic mass is 9.80. The van der Waals surface area contributed by atoms with Crippen molar-refractivity contribution in [2.75, 3.05) is 13.1 Å². The molecule has 2 fully saturated rings. The Hall–Kier alpha value is -1.06. The van der Waals surface area contributed by atoms with Crippen LogP contribution >= 0.6 is 0 Å². The standard InChI is InChI=1S/C16H28N2O2/c1-4-16(3)15(20)18(10-9-14(19)17-16)11-13-8-6-5-7-12(13)2/h12-13H,4-11H2,1-3H3,(H,17,19). The van der Waals surface area contributed by atoms with Crippen LogP contribution in [0.1, 0.15) is 59.3 Å². The summed E-state index contributed by atoms with van der Waals surface area (Å²) in [6.45, 7) is 7.52. The van der Waals surface area contributed by atoms with Crippen LogP contribution in [-0.2, 0) is 9.59 Å². The number of rotatable bonds is 3. The van der Waals surface area contributed by atoms with E-state index in [1.165, 1.54) is 25.7 Å². The second-order valence-corrected chi connectivity index (χ2v) is 6.76. The fourth-order valence-corrected chi connectivity index (χ4v) is 3.47. The first-order chi connectivity index (χ1) is 9.46. The van der Waals surface area contributed by atoms with Gasteiger partial charge >= 0.3 is 0 Å². The van der Waals surface area contributed by atoms with Crippen LogP contribution in [0.3, 0.4) is 0 Å². The second-order valence-electron chi connectivity index (χ2n) is 6.76. The molecule has 0 radical (unpaired) electrons. The molecule has 4 heteroatoms. The smallest absolute Gasteiger partial charge is 0.248 e. The molecule has 1 saturated heterocycles. The minimum Gasteiger partial charge on any atom is -0.342 e. The molecular formula is C16H28N2O2. The van der Waals surface area contributed by atoms with Crippen LogP contribution in [0.5, 0.6) is 0 Å². The van der Waals surface area contributed by atoms with Crippen molar-refractivity contribution in [3.05, 3.63) is 0 Å². The fraction of sp³-hybridized carbons (Fsp3) is 0.875. The van der Waals surface area contributed by atoms with Gasteiger partial charge in [-0.25, -0.2) is 0 Å². The fourth-order valence-electron chi connectivity index (χ4n) is 3.47. The summed E-state index contributed by atoms with van der Waals surface area (Å²) in [5.74, 6) is 1.39. The van der Waals surface area contributed by atoms with Gasteiger partial charge in [0, 0.05) is 19.5 Å². The van der Waals surface area contributed by atoms with Crippen molar-refractivity contribution in [3.63, 3.8) is 0 Å². The van der Waals surface area contributed by atoms with E-state index in [-0.39, 0.29) is 11.8 Å². The summed E-state index contributed by atoms with van der Waals surface area (Å²) in [6, 6.07) is 0. The van der Waals surface area contributed by atoms with E-state index in [1.54, 1.807) is 0 Å². The lowest BCUT2D eigenvalue weighted by Gasteiger charge is -2.36. The van der Waals surface area contributed by atoms with Gasteiger partial charge in [-0.05, 0) is 31.6 Å². The van der Waals surface area contributed by atoms with Crippen LogP contribution in [0.25, 0.3) is 0 Å². The molecule has 2 rings (SSSR count). The zero-order valence-electron chi connectivity index (χ0n) is 13.1. The first kappa shape index (κ1) is 15.3. The quantitative estimate of drug-likeness (QED) is 0.862. The van der Waals surface area contributed by atoms with Gasteiger partial charge in [-0.3, -0.25) is 9.59 Å². The Morgan fingerprint density at radius 3 is 2.65 bits per heavy atom. The number of hydrogen-bond acceptors (Lipinski definition) is 2. The van der Waals surface area contributed by atoms with Gasteiger partial charge in [-0.2, -0.15) is 0 Å². The number of carbonyl (C=O) groups is 2. The Morgan fingerprint density at radius 1 is 1.30 bits per heavy atom. The highest BCUT2D eigenvalue weighted by atomic mass is 16.2. The number of amides is 2. The summed E-state index contributed by atoms with van der Waals surface area (Å²) < 4.78 is 0. The molecular weight excluding hydrogens is 252 g/mol. The minimum absolute atomic E-state index is 0.00175. The van der Waals surface area contributed by atoms with E-state index in [9.17, 15) is 9.59 Å². The van der Waals surface area contributed by atoms with Crippen LogP contribution in [0.15, 0.2) is 0 Å². The molecule has 3 unspecified atom stereocenters. The van der Waals surface area contributed by atoms with E-state index >= 15 is 0 Å². The molecule has 1 N–H and O–H groups in total. The SMILES string of the molecule is CCC1(C)NC(=O)CCN(CC2CCCCC2C)C1=O. The molecule has 0 aromatic rings. The van der Waals surface area contributed by atoms with E-state index in [4.69, 9.17) is 0 Å². The van der Waals surface area contributed by atoms with Crippen LogP contribution in [-0.4, -0.2) is 35.3 Å².